The molecule has 0 spiro atoms. The molecule has 0 bridgehead atoms. The minimum absolute atomic E-state index is 0.0710. The van der Waals surface area contributed by atoms with Gasteiger partial charge in [0.1, 0.15) is 5.82 Å². The van der Waals surface area contributed by atoms with Crippen LogP contribution in [0.1, 0.15) is 31.2 Å². The second kappa shape index (κ2) is 5.83. The van der Waals surface area contributed by atoms with Crippen LogP contribution in [0.5, 0.6) is 0 Å². The molecular formula is C14H17BrF3N. The third kappa shape index (κ3) is 3.96. The van der Waals surface area contributed by atoms with Crippen LogP contribution < -0.4 is 5.73 Å². The molecule has 19 heavy (non-hydrogen) atoms. The van der Waals surface area contributed by atoms with Crippen LogP contribution in [0, 0.1) is 11.7 Å². The largest absolute Gasteiger partial charge is 0.327 e. The Morgan fingerprint density at radius 3 is 2.53 bits per heavy atom. The van der Waals surface area contributed by atoms with Crippen molar-refractivity contribution < 1.29 is 13.2 Å². The van der Waals surface area contributed by atoms with Crippen molar-refractivity contribution in [1.29, 1.82) is 0 Å². The Bertz CT molecular complexity index is 440. The lowest BCUT2D eigenvalue weighted by Crippen LogP contribution is -2.37. The predicted molar refractivity (Wildman–Crippen MR) is 72.7 cm³/mol. The molecule has 1 aliphatic rings. The zero-order valence-electron chi connectivity index (χ0n) is 10.5. The quantitative estimate of drug-likeness (QED) is 0.876. The van der Waals surface area contributed by atoms with Crippen molar-refractivity contribution in [2.45, 2.75) is 44.1 Å². The fourth-order valence-electron chi connectivity index (χ4n) is 2.60. The Morgan fingerprint density at radius 2 is 1.95 bits per heavy atom. The summed E-state index contributed by atoms with van der Waals surface area (Å²) in [6.45, 7) is 0. The molecule has 0 aromatic heterocycles. The van der Waals surface area contributed by atoms with Gasteiger partial charge >= 0.3 is 0 Å². The molecule has 1 aromatic rings. The van der Waals surface area contributed by atoms with Crippen molar-refractivity contribution >= 4 is 15.9 Å². The lowest BCUT2D eigenvalue weighted by Gasteiger charge is -2.32. The van der Waals surface area contributed by atoms with Gasteiger partial charge in [0.2, 0.25) is 5.92 Å². The molecule has 1 atom stereocenters. The van der Waals surface area contributed by atoms with Gasteiger partial charge in [0.15, 0.2) is 0 Å². The zero-order chi connectivity index (χ0) is 14.0. The Hall–Kier alpha value is -0.550. The van der Waals surface area contributed by atoms with E-state index in [0.29, 0.717) is 23.7 Å². The predicted octanol–water partition coefficient (Wildman–Crippen LogP) is 4.28. The van der Waals surface area contributed by atoms with Gasteiger partial charge in [0, 0.05) is 18.9 Å². The SMILES string of the molecule is NC(Cc1ccc(F)c(Br)c1)C1CCC(F)(F)CC1. The van der Waals surface area contributed by atoms with Gasteiger partial charge in [0.05, 0.1) is 4.47 Å². The summed E-state index contributed by atoms with van der Waals surface area (Å²) in [5.74, 6) is -2.70. The third-order valence-corrected chi connectivity index (χ3v) is 4.43. The Labute approximate surface area is 119 Å². The maximum Gasteiger partial charge on any atom is 0.248 e. The second-order valence-corrected chi connectivity index (χ2v) is 6.16. The van der Waals surface area contributed by atoms with E-state index >= 15 is 0 Å². The van der Waals surface area contributed by atoms with E-state index in [1.165, 1.54) is 6.07 Å². The Balaban J connectivity index is 1.94. The molecule has 0 aliphatic heterocycles. The van der Waals surface area contributed by atoms with E-state index in [0.717, 1.165) is 5.56 Å². The molecule has 1 nitrogen and oxygen atoms in total. The normalized spacial score (nSPS) is 21.3. The van der Waals surface area contributed by atoms with Crippen molar-refractivity contribution in [2.24, 2.45) is 11.7 Å². The van der Waals surface area contributed by atoms with E-state index in [9.17, 15) is 13.2 Å². The molecular weight excluding hydrogens is 319 g/mol. The number of hydrogen-bond acceptors (Lipinski definition) is 1. The summed E-state index contributed by atoms with van der Waals surface area (Å²) in [4.78, 5) is 0. The van der Waals surface area contributed by atoms with E-state index in [4.69, 9.17) is 5.73 Å². The van der Waals surface area contributed by atoms with Crippen LogP contribution in [0.2, 0.25) is 0 Å². The van der Waals surface area contributed by atoms with Gasteiger partial charge in [0.25, 0.3) is 0 Å². The molecule has 0 heterocycles. The van der Waals surface area contributed by atoms with Crippen LogP contribution in [0.15, 0.2) is 22.7 Å². The van der Waals surface area contributed by atoms with Crippen LogP contribution >= 0.6 is 15.9 Å². The van der Waals surface area contributed by atoms with Gasteiger partial charge in [-0.15, -0.1) is 0 Å². The highest BCUT2D eigenvalue weighted by molar-refractivity contribution is 9.10. The number of hydrogen-bond donors (Lipinski definition) is 1. The summed E-state index contributed by atoms with van der Waals surface area (Å²) in [7, 11) is 0. The van der Waals surface area contributed by atoms with Gasteiger partial charge in [-0.1, -0.05) is 6.07 Å². The van der Waals surface area contributed by atoms with Crippen LogP contribution in [0.4, 0.5) is 13.2 Å². The van der Waals surface area contributed by atoms with Gasteiger partial charge < -0.3 is 5.73 Å². The first-order chi connectivity index (χ1) is 8.87. The fraction of sp³-hybridized carbons (Fsp3) is 0.571. The maximum atomic E-state index is 13.1. The Kier molecular flexibility index (Phi) is 4.56. The third-order valence-electron chi connectivity index (χ3n) is 3.82. The molecule has 106 valence electrons. The first-order valence-electron chi connectivity index (χ1n) is 6.45. The number of benzene rings is 1. The number of alkyl halides is 2. The minimum atomic E-state index is -2.52. The fourth-order valence-corrected chi connectivity index (χ4v) is 3.02. The molecule has 0 saturated heterocycles. The molecule has 0 amide bonds. The first kappa shape index (κ1) is 14.9. The second-order valence-electron chi connectivity index (χ2n) is 5.31. The Morgan fingerprint density at radius 1 is 1.32 bits per heavy atom. The van der Waals surface area contributed by atoms with Crippen molar-refractivity contribution in [3.63, 3.8) is 0 Å². The van der Waals surface area contributed by atoms with Crippen molar-refractivity contribution in [2.75, 3.05) is 0 Å². The monoisotopic (exact) mass is 335 g/mol. The smallest absolute Gasteiger partial charge is 0.248 e. The standard InChI is InChI=1S/C14H17BrF3N/c15-11-7-9(1-2-12(11)16)8-13(19)10-3-5-14(17,18)6-4-10/h1-2,7,10,13H,3-6,8,19H2. The summed E-state index contributed by atoms with van der Waals surface area (Å²) < 4.78 is 39.7. The summed E-state index contributed by atoms with van der Waals surface area (Å²) in [5.41, 5.74) is 7.03. The molecule has 5 heteroatoms. The molecule has 1 fully saturated rings. The molecule has 1 unspecified atom stereocenters. The summed E-state index contributed by atoms with van der Waals surface area (Å²) in [6, 6.07) is 4.64. The molecule has 0 radical (unpaired) electrons. The summed E-state index contributed by atoms with van der Waals surface area (Å²) in [6.07, 6.45) is 1.39. The number of halogens is 4. The summed E-state index contributed by atoms with van der Waals surface area (Å²) >= 11 is 3.13. The highest BCUT2D eigenvalue weighted by Gasteiger charge is 2.36. The van der Waals surface area contributed by atoms with Gasteiger partial charge in [-0.3, -0.25) is 0 Å². The topological polar surface area (TPSA) is 26.0 Å². The van der Waals surface area contributed by atoms with E-state index in [2.05, 4.69) is 15.9 Å². The van der Waals surface area contributed by atoms with Gasteiger partial charge in [-0.05, 0) is 58.8 Å². The molecule has 2 N–H and O–H groups in total. The van der Waals surface area contributed by atoms with E-state index in [-0.39, 0.29) is 30.6 Å². The van der Waals surface area contributed by atoms with Crippen LogP contribution in [-0.4, -0.2) is 12.0 Å². The average molecular weight is 336 g/mol. The van der Waals surface area contributed by atoms with E-state index in [1.807, 2.05) is 0 Å². The van der Waals surface area contributed by atoms with Gasteiger partial charge in [-0.2, -0.15) is 0 Å². The lowest BCUT2D eigenvalue weighted by molar-refractivity contribution is -0.0481. The van der Waals surface area contributed by atoms with Crippen molar-refractivity contribution in [3.05, 3.63) is 34.1 Å². The highest BCUT2D eigenvalue weighted by atomic mass is 79.9. The van der Waals surface area contributed by atoms with Crippen molar-refractivity contribution in [1.82, 2.24) is 0 Å². The van der Waals surface area contributed by atoms with Crippen LogP contribution in [0.3, 0.4) is 0 Å². The number of nitrogens with two attached hydrogens (primary N) is 1. The molecule has 2 rings (SSSR count). The maximum absolute atomic E-state index is 13.1. The highest BCUT2D eigenvalue weighted by Crippen LogP contribution is 2.37. The van der Waals surface area contributed by atoms with E-state index in [1.54, 1.807) is 12.1 Å². The average Bonchev–Trinajstić information content (AvgIpc) is 2.33. The molecule has 1 saturated carbocycles. The number of rotatable bonds is 3. The van der Waals surface area contributed by atoms with Crippen LogP contribution in [0.25, 0.3) is 0 Å². The summed E-state index contributed by atoms with van der Waals surface area (Å²) in [5, 5.41) is 0. The molecule has 1 aliphatic carbocycles. The van der Waals surface area contributed by atoms with Gasteiger partial charge in [-0.25, -0.2) is 13.2 Å². The zero-order valence-corrected chi connectivity index (χ0v) is 12.1. The minimum Gasteiger partial charge on any atom is -0.327 e. The van der Waals surface area contributed by atoms with Crippen molar-refractivity contribution in [3.8, 4) is 0 Å². The van der Waals surface area contributed by atoms with Crippen LogP contribution in [-0.2, 0) is 6.42 Å². The lowest BCUT2D eigenvalue weighted by atomic mass is 9.80. The first-order valence-corrected chi connectivity index (χ1v) is 7.24. The molecule has 1 aromatic carbocycles. The van der Waals surface area contributed by atoms with E-state index < -0.39 is 5.92 Å².